The molecule has 0 spiro atoms. The summed E-state index contributed by atoms with van der Waals surface area (Å²) in [6, 6.07) is 14.5. The fourth-order valence-corrected chi connectivity index (χ4v) is 3.56. The van der Waals surface area contributed by atoms with Crippen molar-refractivity contribution in [2.24, 2.45) is 0 Å². The average molecular weight is 407 g/mol. The summed E-state index contributed by atoms with van der Waals surface area (Å²) in [6.45, 7) is 4.12. The Morgan fingerprint density at radius 2 is 1.85 bits per heavy atom. The molecule has 1 unspecified atom stereocenters. The molecule has 5 nitrogen and oxygen atoms in total. The number of carbonyl (C=O) groups excluding carboxylic acids is 2. The van der Waals surface area contributed by atoms with E-state index in [4.69, 9.17) is 16.3 Å². The zero-order valence-corrected chi connectivity index (χ0v) is 17.1. The third-order valence-corrected chi connectivity index (χ3v) is 5.23. The smallest absolute Gasteiger partial charge is 0.244 e. The van der Waals surface area contributed by atoms with Crippen LogP contribution in [0.25, 0.3) is 0 Å². The van der Waals surface area contributed by atoms with Crippen LogP contribution in [-0.2, 0) is 9.59 Å². The molecule has 2 rings (SSSR count). The lowest BCUT2D eigenvalue weighted by Crippen LogP contribution is -2.41. The van der Waals surface area contributed by atoms with Crippen LogP contribution in [0.1, 0.15) is 13.8 Å². The van der Waals surface area contributed by atoms with E-state index in [2.05, 4.69) is 5.32 Å². The number of halogens is 1. The van der Waals surface area contributed by atoms with Crippen molar-refractivity contribution in [1.82, 2.24) is 4.90 Å². The summed E-state index contributed by atoms with van der Waals surface area (Å²) in [7, 11) is 1.54. The third kappa shape index (κ3) is 6.19. The predicted molar refractivity (Wildman–Crippen MR) is 111 cm³/mol. The largest absolute Gasteiger partial charge is 0.495 e. The summed E-state index contributed by atoms with van der Waals surface area (Å²) in [6.07, 6.45) is 0. The number of carbonyl (C=O) groups is 2. The van der Waals surface area contributed by atoms with E-state index >= 15 is 0 Å². The predicted octanol–water partition coefficient (Wildman–Crippen LogP) is 4.32. The van der Waals surface area contributed by atoms with E-state index in [1.807, 2.05) is 38.1 Å². The number of hydrogen-bond acceptors (Lipinski definition) is 4. The van der Waals surface area contributed by atoms with Crippen molar-refractivity contribution in [3.05, 3.63) is 53.6 Å². The summed E-state index contributed by atoms with van der Waals surface area (Å²) in [5.41, 5.74) is 0.581. The van der Waals surface area contributed by atoms with Crippen LogP contribution < -0.4 is 10.1 Å². The minimum absolute atomic E-state index is 0.0150. The van der Waals surface area contributed by atoms with Gasteiger partial charge in [0, 0.05) is 16.5 Å². The molecule has 0 radical (unpaired) electrons. The van der Waals surface area contributed by atoms with Crippen molar-refractivity contribution in [3.63, 3.8) is 0 Å². The van der Waals surface area contributed by atoms with Crippen LogP contribution in [0, 0.1) is 0 Å². The number of ether oxygens (including phenoxy) is 1. The molecule has 0 heterocycles. The Bertz CT molecular complexity index is 783. The van der Waals surface area contributed by atoms with Crippen molar-refractivity contribution in [2.45, 2.75) is 24.0 Å². The molecule has 0 aliphatic carbocycles. The highest BCUT2D eigenvalue weighted by atomic mass is 35.5. The number of benzene rings is 2. The standard InChI is InChI=1S/C20H23ClN2O3S/c1-4-23(13-19(24)22-17-7-5-6-8-18(17)26-3)20(25)14(2)27-16-11-9-15(21)10-12-16/h5-12,14H,4,13H2,1-3H3,(H,22,24). The monoisotopic (exact) mass is 406 g/mol. The molecule has 0 saturated heterocycles. The zero-order valence-electron chi connectivity index (χ0n) is 15.6. The van der Waals surface area contributed by atoms with E-state index < -0.39 is 0 Å². The Hall–Kier alpha value is -2.18. The maximum atomic E-state index is 12.7. The van der Waals surface area contributed by atoms with Gasteiger partial charge in [0.05, 0.1) is 24.6 Å². The van der Waals surface area contributed by atoms with Gasteiger partial charge in [0.25, 0.3) is 0 Å². The summed E-state index contributed by atoms with van der Waals surface area (Å²) >= 11 is 7.33. The second-order valence-corrected chi connectivity index (χ2v) is 7.67. The van der Waals surface area contributed by atoms with E-state index in [0.717, 1.165) is 4.90 Å². The first-order valence-corrected chi connectivity index (χ1v) is 9.84. The second-order valence-electron chi connectivity index (χ2n) is 5.81. The molecule has 1 N–H and O–H groups in total. The molecule has 2 amide bonds. The first kappa shape index (κ1) is 21.1. The molecule has 7 heteroatoms. The highest BCUT2D eigenvalue weighted by Gasteiger charge is 2.22. The Morgan fingerprint density at radius 3 is 2.48 bits per heavy atom. The van der Waals surface area contributed by atoms with Gasteiger partial charge in [-0.25, -0.2) is 0 Å². The normalized spacial score (nSPS) is 11.6. The molecule has 0 fully saturated rings. The minimum atomic E-state index is -0.315. The van der Waals surface area contributed by atoms with Crippen molar-refractivity contribution < 1.29 is 14.3 Å². The van der Waals surface area contributed by atoms with Crippen LogP contribution in [0.15, 0.2) is 53.4 Å². The van der Waals surface area contributed by atoms with Crippen molar-refractivity contribution in [3.8, 4) is 5.75 Å². The number of para-hydroxylation sites is 2. The Morgan fingerprint density at radius 1 is 1.19 bits per heavy atom. The fourth-order valence-electron chi connectivity index (χ4n) is 2.48. The summed E-state index contributed by atoms with van der Waals surface area (Å²) in [5.74, 6) is 0.220. The molecule has 0 bridgehead atoms. The van der Waals surface area contributed by atoms with Gasteiger partial charge >= 0.3 is 0 Å². The molecule has 2 aromatic rings. The van der Waals surface area contributed by atoms with Crippen molar-refractivity contribution >= 4 is 40.9 Å². The highest BCUT2D eigenvalue weighted by Crippen LogP contribution is 2.26. The minimum Gasteiger partial charge on any atom is -0.495 e. The SMILES string of the molecule is CCN(CC(=O)Nc1ccccc1OC)C(=O)C(C)Sc1ccc(Cl)cc1. The molecule has 144 valence electrons. The second kappa shape index (κ2) is 10.2. The van der Waals surface area contributed by atoms with Crippen LogP contribution >= 0.6 is 23.4 Å². The Labute approximate surface area is 169 Å². The first-order chi connectivity index (χ1) is 12.9. The van der Waals surface area contributed by atoms with Crippen LogP contribution in [-0.4, -0.2) is 42.2 Å². The van der Waals surface area contributed by atoms with Gasteiger partial charge in [0.15, 0.2) is 0 Å². The van der Waals surface area contributed by atoms with Crippen molar-refractivity contribution in [2.75, 3.05) is 25.5 Å². The maximum Gasteiger partial charge on any atom is 0.244 e. The summed E-state index contributed by atoms with van der Waals surface area (Å²) < 4.78 is 5.23. The van der Waals surface area contributed by atoms with Gasteiger partial charge in [-0.3, -0.25) is 9.59 Å². The number of thioether (sulfide) groups is 1. The molecule has 1 atom stereocenters. The number of hydrogen-bond donors (Lipinski definition) is 1. The van der Waals surface area contributed by atoms with Crippen LogP contribution in [0.5, 0.6) is 5.75 Å². The average Bonchev–Trinajstić information content (AvgIpc) is 2.67. The number of anilines is 1. The summed E-state index contributed by atoms with van der Waals surface area (Å²) in [5, 5.41) is 3.14. The highest BCUT2D eigenvalue weighted by molar-refractivity contribution is 8.00. The first-order valence-electron chi connectivity index (χ1n) is 8.58. The quantitative estimate of drug-likeness (QED) is 0.663. The van der Waals surface area contributed by atoms with E-state index in [1.165, 1.54) is 11.8 Å². The number of likely N-dealkylation sites (N-methyl/N-ethyl adjacent to an activating group) is 1. The lowest BCUT2D eigenvalue weighted by Gasteiger charge is -2.24. The number of methoxy groups -OCH3 is 1. The van der Waals surface area contributed by atoms with Gasteiger partial charge < -0.3 is 15.0 Å². The van der Waals surface area contributed by atoms with E-state index in [-0.39, 0.29) is 23.6 Å². The molecule has 27 heavy (non-hydrogen) atoms. The molecule has 0 aliphatic rings. The van der Waals surface area contributed by atoms with Crippen LogP contribution in [0.2, 0.25) is 5.02 Å². The van der Waals surface area contributed by atoms with Gasteiger partial charge in [-0.05, 0) is 50.2 Å². The molecular weight excluding hydrogens is 384 g/mol. The van der Waals surface area contributed by atoms with E-state index in [0.29, 0.717) is 23.0 Å². The Kier molecular flexibility index (Phi) is 8.00. The topological polar surface area (TPSA) is 58.6 Å². The summed E-state index contributed by atoms with van der Waals surface area (Å²) in [4.78, 5) is 27.6. The van der Waals surface area contributed by atoms with Gasteiger partial charge in [-0.15, -0.1) is 11.8 Å². The lowest BCUT2D eigenvalue weighted by molar-refractivity contribution is -0.133. The van der Waals surface area contributed by atoms with Crippen LogP contribution in [0.3, 0.4) is 0 Å². The maximum absolute atomic E-state index is 12.7. The zero-order chi connectivity index (χ0) is 19.8. The molecule has 2 aromatic carbocycles. The molecule has 0 aliphatic heterocycles. The third-order valence-electron chi connectivity index (χ3n) is 3.88. The fraction of sp³-hybridized carbons (Fsp3) is 0.300. The van der Waals surface area contributed by atoms with E-state index in [1.54, 1.807) is 36.3 Å². The molecule has 0 saturated carbocycles. The number of nitrogens with zero attached hydrogens (tertiary/aromatic N) is 1. The number of amides is 2. The van der Waals surface area contributed by atoms with Gasteiger partial charge in [-0.2, -0.15) is 0 Å². The number of rotatable bonds is 8. The van der Waals surface area contributed by atoms with Crippen molar-refractivity contribution in [1.29, 1.82) is 0 Å². The van der Waals surface area contributed by atoms with Crippen LogP contribution in [0.4, 0.5) is 5.69 Å². The molecular formula is C20H23ClN2O3S. The lowest BCUT2D eigenvalue weighted by atomic mass is 10.3. The van der Waals surface area contributed by atoms with Gasteiger partial charge in [0.2, 0.25) is 11.8 Å². The van der Waals surface area contributed by atoms with Gasteiger partial charge in [-0.1, -0.05) is 23.7 Å². The van der Waals surface area contributed by atoms with Gasteiger partial charge in [0.1, 0.15) is 5.75 Å². The number of nitrogens with one attached hydrogen (secondary N) is 1. The van der Waals surface area contributed by atoms with E-state index in [9.17, 15) is 9.59 Å². The molecule has 0 aromatic heterocycles. The Balaban J connectivity index is 1.97.